The van der Waals surface area contributed by atoms with Crippen molar-refractivity contribution in [2.24, 2.45) is 0 Å². The van der Waals surface area contributed by atoms with Gasteiger partial charge in [-0.25, -0.2) is 0 Å². The lowest BCUT2D eigenvalue weighted by Gasteiger charge is -2.35. The second kappa shape index (κ2) is 6.34. The summed E-state index contributed by atoms with van der Waals surface area (Å²) >= 11 is 0. The first-order valence-corrected chi connectivity index (χ1v) is 8.02. The van der Waals surface area contributed by atoms with Gasteiger partial charge in [0, 0.05) is 30.7 Å². The third-order valence-electron chi connectivity index (χ3n) is 4.77. The van der Waals surface area contributed by atoms with E-state index >= 15 is 0 Å². The molecule has 0 radical (unpaired) electrons. The van der Waals surface area contributed by atoms with Gasteiger partial charge in [0.1, 0.15) is 5.75 Å². The molecule has 2 heterocycles. The lowest BCUT2D eigenvalue weighted by atomic mass is 10.0. The standard InChI is InChI=1S/C17H26N2O2/c1-12-5-6-16(17(20)8-12)13(2)18-9-15-10-19-7-3-4-14(19)11-21-15/h5-6,8,13-15,18,20H,3-4,7,9-11H2,1-2H3. The molecular formula is C17H26N2O2. The second-order valence-electron chi connectivity index (χ2n) is 6.44. The lowest BCUT2D eigenvalue weighted by Crippen LogP contribution is -2.49. The third-order valence-corrected chi connectivity index (χ3v) is 4.77. The van der Waals surface area contributed by atoms with Crippen LogP contribution in [-0.2, 0) is 4.74 Å². The molecule has 0 aromatic heterocycles. The topological polar surface area (TPSA) is 44.7 Å². The Morgan fingerprint density at radius 3 is 3.14 bits per heavy atom. The Morgan fingerprint density at radius 2 is 2.33 bits per heavy atom. The van der Waals surface area contributed by atoms with Gasteiger partial charge in [0.05, 0.1) is 12.7 Å². The summed E-state index contributed by atoms with van der Waals surface area (Å²) in [5.74, 6) is 0.374. The van der Waals surface area contributed by atoms with Crippen molar-refractivity contribution in [2.75, 3.05) is 26.2 Å². The molecule has 4 heteroatoms. The number of morpholine rings is 1. The molecule has 2 fully saturated rings. The van der Waals surface area contributed by atoms with Crippen LogP contribution < -0.4 is 5.32 Å². The minimum Gasteiger partial charge on any atom is -0.508 e. The van der Waals surface area contributed by atoms with Gasteiger partial charge in [-0.2, -0.15) is 0 Å². The Bertz CT molecular complexity index is 492. The highest BCUT2D eigenvalue weighted by Gasteiger charge is 2.32. The normalized spacial score (nSPS) is 27.5. The summed E-state index contributed by atoms with van der Waals surface area (Å²) in [4.78, 5) is 2.56. The second-order valence-corrected chi connectivity index (χ2v) is 6.44. The fraction of sp³-hybridized carbons (Fsp3) is 0.647. The summed E-state index contributed by atoms with van der Waals surface area (Å²) in [6.07, 6.45) is 2.85. The Labute approximate surface area is 127 Å². The zero-order valence-electron chi connectivity index (χ0n) is 13.0. The number of ether oxygens (including phenoxy) is 1. The molecular weight excluding hydrogens is 264 g/mol. The van der Waals surface area contributed by atoms with E-state index < -0.39 is 0 Å². The van der Waals surface area contributed by atoms with Crippen LogP contribution in [0.3, 0.4) is 0 Å². The first-order valence-electron chi connectivity index (χ1n) is 8.02. The van der Waals surface area contributed by atoms with Crippen molar-refractivity contribution in [3.63, 3.8) is 0 Å². The van der Waals surface area contributed by atoms with Gasteiger partial charge in [0.2, 0.25) is 0 Å². The number of phenolic OH excluding ortho intramolecular Hbond substituents is 1. The van der Waals surface area contributed by atoms with Crippen LogP contribution in [0.15, 0.2) is 18.2 Å². The first kappa shape index (κ1) is 14.8. The van der Waals surface area contributed by atoms with Crippen LogP contribution in [0.2, 0.25) is 0 Å². The van der Waals surface area contributed by atoms with Crippen LogP contribution in [0.4, 0.5) is 0 Å². The Morgan fingerprint density at radius 1 is 1.48 bits per heavy atom. The first-order chi connectivity index (χ1) is 10.1. The number of nitrogens with one attached hydrogen (secondary N) is 1. The molecule has 1 aromatic rings. The van der Waals surface area contributed by atoms with Gasteiger partial charge in [-0.1, -0.05) is 12.1 Å². The van der Waals surface area contributed by atoms with Crippen molar-refractivity contribution < 1.29 is 9.84 Å². The fourth-order valence-corrected chi connectivity index (χ4v) is 3.45. The number of nitrogens with zero attached hydrogens (tertiary/aromatic N) is 1. The molecule has 0 aliphatic carbocycles. The number of hydrogen-bond acceptors (Lipinski definition) is 4. The minimum absolute atomic E-state index is 0.130. The maximum Gasteiger partial charge on any atom is 0.120 e. The van der Waals surface area contributed by atoms with Gasteiger partial charge in [-0.15, -0.1) is 0 Å². The highest BCUT2D eigenvalue weighted by Crippen LogP contribution is 2.26. The van der Waals surface area contributed by atoms with Crippen molar-refractivity contribution in [2.45, 2.75) is 44.9 Å². The van der Waals surface area contributed by atoms with E-state index in [1.165, 1.54) is 19.4 Å². The van der Waals surface area contributed by atoms with Crippen LogP contribution in [0.25, 0.3) is 0 Å². The fourth-order valence-electron chi connectivity index (χ4n) is 3.45. The van der Waals surface area contributed by atoms with Gasteiger partial charge < -0.3 is 15.2 Å². The minimum atomic E-state index is 0.130. The molecule has 3 atom stereocenters. The van der Waals surface area contributed by atoms with Crippen LogP contribution in [-0.4, -0.2) is 48.4 Å². The summed E-state index contributed by atoms with van der Waals surface area (Å²) in [7, 11) is 0. The van der Waals surface area contributed by atoms with E-state index in [1.807, 2.05) is 25.1 Å². The summed E-state index contributed by atoms with van der Waals surface area (Å²) in [6, 6.07) is 6.64. The number of fused-ring (bicyclic) bond motifs is 1. The highest BCUT2D eigenvalue weighted by molar-refractivity contribution is 5.37. The van der Waals surface area contributed by atoms with E-state index in [4.69, 9.17) is 4.74 Å². The Hall–Kier alpha value is -1.10. The number of hydrogen-bond donors (Lipinski definition) is 2. The van der Waals surface area contributed by atoms with Gasteiger partial charge in [0.25, 0.3) is 0 Å². The molecule has 0 saturated carbocycles. The van der Waals surface area contributed by atoms with E-state index in [0.29, 0.717) is 11.8 Å². The largest absolute Gasteiger partial charge is 0.508 e. The summed E-state index contributed by atoms with van der Waals surface area (Å²) < 4.78 is 5.96. The maximum absolute atomic E-state index is 10.0. The predicted octanol–water partition coefficient (Wildman–Crippen LogP) is 2.21. The predicted molar refractivity (Wildman–Crippen MR) is 83.6 cm³/mol. The molecule has 3 unspecified atom stereocenters. The van der Waals surface area contributed by atoms with E-state index in [2.05, 4.69) is 17.1 Å². The van der Waals surface area contributed by atoms with Gasteiger partial charge in [-0.3, -0.25) is 4.90 Å². The molecule has 4 nitrogen and oxygen atoms in total. The smallest absolute Gasteiger partial charge is 0.120 e. The number of aryl methyl sites for hydroxylation is 1. The number of benzene rings is 1. The Kier molecular flexibility index (Phi) is 4.48. The highest BCUT2D eigenvalue weighted by atomic mass is 16.5. The number of aromatic hydroxyl groups is 1. The third kappa shape index (κ3) is 3.39. The van der Waals surface area contributed by atoms with Crippen LogP contribution >= 0.6 is 0 Å². The molecule has 2 aliphatic rings. The number of rotatable bonds is 4. The molecule has 0 spiro atoms. The number of phenols is 1. The van der Waals surface area contributed by atoms with Crippen LogP contribution in [0.1, 0.15) is 36.9 Å². The van der Waals surface area contributed by atoms with Crippen molar-refractivity contribution in [3.05, 3.63) is 29.3 Å². The van der Waals surface area contributed by atoms with E-state index in [0.717, 1.165) is 30.8 Å². The SMILES string of the molecule is Cc1ccc(C(C)NCC2CN3CCCC3CO2)c(O)c1. The molecule has 0 bridgehead atoms. The van der Waals surface area contributed by atoms with Crippen molar-refractivity contribution in [1.82, 2.24) is 10.2 Å². The summed E-state index contributed by atoms with van der Waals surface area (Å²) in [6.45, 7) is 8.03. The zero-order valence-corrected chi connectivity index (χ0v) is 13.0. The molecule has 3 rings (SSSR count). The van der Waals surface area contributed by atoms with Gasteiger partial charge in [-0.05, 0) is 44.9 Å². The molecule has 0 amide bonds. The molecule has 2 aliphatic heterocycles. The van der Waals surface area contributed by atoms with Crippen molar-refractivity contribution in [1.29, 1.82) is 0 Å². The van der Waals surface area contributed by atoms with Gasteiger partial charge in [0.15, 0.2) is 0 Å². The summed E-state index contributed by atoms with van der Waals surface area (Å²) in [5, 5.41) is 13.5. The molecule has 2 saturated heterocycles. The average molecular weight is 290 g/mol. The molecule has 116 valence electrons. The van der Waals surface area contributed by atoms with E-state index in [-0.39, 0.29) is 12.1 Å². The zero-order chi connectivity index (χ0) is 14.8. The molecule has 1 aromatic carbocycles. The maximum atomic E-state index is 10.0. The van der Waals surface area contributed by atoms with E-state index in [1.54, 1.807) is 0 Å². The monoisotopic (exact) mass is 290 g/mol. The Balaban J connectivity index is 1.52. The van der Waals surface area contributed by atoms with Crippen LogP contribution in [0.5, 0.6) is 5.75 Å². The van der Waals surface area contributed by atoms with Crippen molar-refractivity contribution >= 4 is 0 Å². The molecule has 2 N–H and O–H groups in total. The summed E-state index contributed by atoms with van der Waals surface area (Å²) in [5.41, 5.74) is 2.04. The quantitative estimate of drug-likeness (QED) is 0.892. The van der Waals surface area contributed by atoms with E-state index in [9.17, 15) is 5.11 Å². The van der Waals surface area contributed by atoms with Crippen LogP contribution in [0, 0.1) is 6.92 Å². The molecule has 21 heavy (non-hydrogen) atoms. The van der Waals surface area contributed by atoms with Gasteiger partial charge >= 0.3 is 0 Å². The lowest BCUT2D eigenvalue weighted by molar-refractivity contribution is -0.0477. The van der Waals surface area contributed by atoms with Crippen molar-refractivity contribution in [3.8, 4) is 5.75 Å². The average Bonchev–Trinajstić information content (AvgIpc) is 2.92.